The van der Waals surface area contributed by atoms with Gasteiger partial charge in [-0.2, -0.15) is 0 Å². The summed E-state index contributed by atoms with van der Waals surface area (Å²) in [7, 11) is 0. The number of nitrogens with zero attached hydrogens (tertiary/aromatic N) is 1. The maximum absolute atomic E-state index is 11.9. The number of hydrogen-bond acceptors (Lipinski definition) is 2. The number of hydrogen-bond donors (Lipinski definition) is 0. The second-order valence-electron chi connectivity index (χ2n) is 5.11. The van der Waals surface area contributed by atoms with Gasteiger partial charge in [0.25, 0.3) is 0 Å². The first kappa shape index (κ1) is 12.0. The van der Waals surface area contributed by atoms with Crippen molar-refractivity contribution < 1.29 is 9.53 Å². The standard InChI is InChI=1S/C14H19NO2/c1-14(2)9-6-10-15(14)13(16)17-11-12-7-4-3-5-8-12/h3-5,7-8H,6,9-11H2,1-2H3. The number of rotatable bonds is 2. The van der Waals surface area contributed by atoms with Crippen molar-refractivity contribution in [3.8, 4) is 0 Å². The van der Waals surface area contributed by atoms with Crippen LogP contribution >= 0.6 is 0 Å². The highest BCUT2D eigenvalue weighted by Crippen LogP contribution is 2.28. The third-order valence-corrected chi connectivity index (χ3v) is 3.33. The zero-order valence-electron chi connectivity index (χ0n) is 10.5. The summed E-state index contributed by atoms with van der Waals surface area (Å²) in [5.74, 6) is 0. The van der Waals surface area contributed by atoms with E-state index in [-0.39, 0.29) is 11.6 Å². The van der Waals surface area contributed by atoms with Crippen LogP contribution < -0.4 is 0 Å². The molecular weight excluding hydrogens is 214 g/mol. The molecule has 0 unspecified atom stereocenters. The number of carbonyl (C=O) groups is 1. The van der Waals surface area contributed by atoms with Gasteiger partial charge < -0.3 is 9.64 Å². The van der Waals surface area contributed by atoms with Crippen molar-refractivity contribution in [3.05, 3.63) is 35.9 Å². The van der Waals surface area contributed by atoms with Crippen LogP contribution in [0.5, 0.6) is 0 Å². The maximum Gasteiger partial charge on any atom is 0.410 e. The Hall–Kier alpha value is -1.51. The van der Waals surface area contributed by atoms with E-state index < -0.39 is 0 Å². The summed E-state index contributed by atoms with van der Waals surface area (Å²) in [5.41, 5.74) is 0.964. The van der Waals surface area contributed by atoms with Crippen molar-refractivity contribution in [1.29, 1.82) is 0 Å². The lowest BCUT2D eigenvalue weighted by molar-refractivity contribution is 0.0753. The van der Waals surface area contributed by atoms with Crippen LogP contribution in [0.3, 0.4) is 0 Å². The zero-order valence-corrected chi connectivity index (χ0v) is 10.5. The van der Waals surface area contributed by atoms with Crippen LogP contribution in [0.25, 0.3) is 0 Å². The molecule has 0 spiro atoms. The van der Waals surface area contributed by atoms with Crippen molar-refractivity contribution in [1.82, 2.24) is 4.90 Å². The van der Waals surface area contributed by atoms with Crippen molar-refractivity contribution in [2.75, 3.05) is 6.54 Å². The second kappa shape index (κ2) is 4.78. The monoisotopic (exact) mass is 233 g/mol. The van der Waals surface area contributed by atoms with E-state index in [9.17, 15) is 4.79 Å². The molecule has 3 nitrogen and oxygen atoms in total. The molecule has 1 saturated heterocycles. The lowest BCUT2D eigenvalue weighted by atomic mass is 10.0. The van der Waals surface area contributed by atoms with Crippen LogP contribution in [0.1, 0.15) is 32.3 Å². The van der Waals surface area contributed by atoms with Gasteiger partial charge in [-0.05, 0) is 32.3 Å². The highest BCUT2D eigenvalue weighted by atomic mass is 16.6. The molecule has 1 fully saturated rings. The Labute approximate surface area is 102 Å². The molecule has 0 aromatic heterocycles. The molecule has 0 aliphatic carbocycles. The number of benzene rings is 1. The van der Waals surface area contributed by atoms with Gasteiger partial charge in [0.15, 0.2) is 0 Å². The Morgan fingerprint density at radius 3 is 2.65 bits per heavy atom. The van der Waals surface area contributed by atoms with Gasteiger partial charge >= 0.3 is 6.09 Å². The summed E-state index contributed by atoms with van der Waals surface area (Å²) in [5, 5.41) is 0. The molecule has 0 N–H and O–H groups in total. The van der Waals surface area contributed by atoms with Crippen LogP contribution in [0.2, 0.25) is 0 Å². The van der Waals surface area contributed by atoms with Crippen LogP contribution in [-0.2, 0) is 11.3 Å². The van der Waals surface area contributed by atoms with E-state index in [2.05, 4.69) is 13.8 Å². The molecule has 1 heterocycles. The third-order valence-electron chi connectivity index (χ3n) is 3.33. The van der Waals surface area contributed by atoms with E-state index in [0.29, 0.717) is 6.61 Å². The molecule has 3 heteroatoms. The summed E-state index contributed by atoms with van der Waals surface area (Å²) in [4.78, 5) is 13.8. The Kier molecular flexibility index (Phi) is 3.36. The minimum absolute atomic E-state index is 0.0617. The summed E-state index contributed by atoms with van der Waals surface area (Å²) >= 11 is 0. The van der Waals surface area contributed by atoms with Crippen LogP contribution in [-0.4, -0.2) is 23.1 Å². The molecule has 92 valence electrons. The highest BCUT2D eigenvalue weighted by molar-refractivity contribution is 5.69. The van der Waals surface area contributed by atoms with E-state index >= 15 is 0 Å². The summed E-state index contributed by atoms with van der Waals surface area (Å²) in [6.07, 6.45) is 1.91. The second-order valence-corrected chi connectivity index (χ2v) is 5.11. The molecular formula is C14H19NO2. The van der Waals surface area contributed by atoms with Gasteiger partial charge in [0.1, 0.15) is 6.61 Å². The molecule has 1 aromatic rings. The lowest BCUT2D eigenvalue weighted by Crippen LogP contribution is -2.42. The van der Waals surface area contributed by atoms with Crippen LogP contribution in [0.15, 0.2) is 30.3 Å². The lowest BCUT2D eigenvalue weighted by Gasteiger charge is -2.30. The van der Waals surface area contributed by atoms with Gasteiger partial charge in [-0.3, -0.25) is 0 Å². The minimum atomic E-state index is -0.198. The fraction of sp³-hybridized carbons (Fsp3) is 0.500. The highest BCUT2D eigenvalue weighted by Gasteiger charge is 2.36. The average molecular weight is 233 g/mol. The number of ether oxygens (including phenoxy) is 1. The first-order valence-corrected chi connectivity index (χ1v) is 6.08. The molecule has 0 bridgehead atoms. The van der Waals surface area contributed by atoms with Gasteiger partial charge in [0.05, 0.1) is 0 Å². The van der Waals surface area contributed by atoms with E-state index in [4.69, 9.17) is 4.74 Å². The first-order chi connectivity index (χ1) is 8.09. The fourth-order valence-electron chi connectivity index (χ4n) is 2.24. The Bertz CT molecular complexity index is 386. The Morgan fingerprint density at radius 1 is 1.35 bits per heavy atom. The molecule has 0 radical (unpaired) electrons. The van der Waals surface area contributed by atoms with Gasteiger partial charge in [-0.15, -0.1) is 0 Å². The molecule has 1 aliphatic rings. The maximum atomic E-state index is 11.9. The number of likely N-dealkylation sites (tertiary alicyclic amines) is 1. The van der Waals surface area contributed by atoms with Crippen molar-refractivity contribution in [3.63, 3.8) is 0 Å². The first-order valence-electron chi connectivity index (χ1n) is 6.08. The summed E-state index contributed by atoms with van der Waals surface area (Å²) in [6, 6.07) is 9.77. The quantitative estimate of drug-likeness (QED) is 0.785. The smallest absolute Gasteiger partial charge is 0.410 e. The number of amides is 1. The largest absolute Gasteiger partial charge is 0.445 e. The average Bonchev–Trinajstić information content (AvgIpc) is 2.67. The van der Waals surface area contributed by atoms with Crippen molar-refractivity contribution >= 4 is 6.09 Å². The molecule has 1 aliphatic heterocycles. The summed E-state index contributed by atoms with van der Waals surface area (Å²) < 4.78 is 5.33. The normalized spacial score (nSPS) is 18.1. The molecule has 2 rings (SSSR count). The third kappa shape index (κ3) is 2.78. The predicted molar refractivity (Wildman–Crippen MR) is 66.6 cm³/mol. The zero-order chi connectivity index (χ0) is 12.3. The molecule has 1 aromatic carbocycles. The predicted octanol–water partition coefficient (Wildman–Crippen LogP) is 3.20. The molecule has 17 heavy (non-hydrogen) atoms. The molecule has 0 saturated carbocycles. The number of carbonyl (C=O) groups excluding carboxylic acids is 1. The van der Waals surface area contributed by atoms with Gasteiger partial charge in [0.2, 0.25) is 0 Å². The summed E-state index contributed by atoms with van der Waals surface area (Å²) in [6.45, 7) is 5.33. The topological polar surface area (TPSA) is 29.5 Å². The minimum Gasteiger partial charge on any atom is -0.445 e. The van der Waals surface area contributed by atoms with Crippen molar-refractivity contribution in [2.45, 2.75) is 38.8 Å². The SMILES string of the molecule is CC1(C)CCCN1C(=O)OCc1ccccc1. The van der Waals surface area contributed by atoms with Gasteiger partial charge in [-0.25, -0.2) is 4.79 Å². The van der Waals surface area contributed by atoms with Crippen LogP contribution in [0, 0.1) is 0 Å². The van der Waals surface area contributed by atoms with E-state index in [0.717, 1.165) is 24.9 Å². The van der Waals surface area contributed by atoms with Crippen molar-refractivity contribution in [2.24, 2.45) is 0 Å². The fourth-order valence-corrected chi connectivity index (χ4v) is 2.24. The van der Waals surface area contributed by atoms with E-state index in [1.165, 1.54) is 0 Å². The van der Waals surface area contributed by atoms with Gasteiger partial charge in [0, 0.05) is 12.1 Å². The Balaban J connectivity index is 1.90. The van der Waals surface area contributed by atoms with E-state index in [1.807, 2.05) is 35.2 Å². The van der Waals surface area contributed by atoms with E-state index in [1.54, 1.807) is 0 Å². The Morgan fingerprint density at radius 2 is 2.06 bits per heavy atom. The molecule has 0 atom stereocenters. The van der Waals surface area contributed by atoms with Crippen LogP contribution in [0.4, 0.5) is 4.79 Å². The molecule has 1 amide bonds. The van der Waals surface area contributed by atoms with Gasteiger partial charge in [-0.1, -0.05) is 30.3 Å².